The van der Waals surface area contributed by atoms with Gasteiger partial charge in [-0.3, -0.25) is 4.79 Å². The molecule has 0 unspecified atom stereocenters. The highest BCUT2D eigenvalue weighted by atomic mass is 35.5. The average Bonchev–Trinajstić information content (AvgIpc) is 2.16. The first kappa shape index (κ1) is 11.8. The second-order valence-corrected chi connectivity index (χ2v) is 2.98. The van der Waals surface area contributed by atoms with Crippen molar-refractivity contribution in [2.75, 3.05) is 7.11 Å². The molecule has 0 bridgehead atoms. The number of aromatic nitrogens is 1. The second-order valence-electron chi connectivity index (χ2n) is 2.51. The molecule has 0 saturated heterocycles. The molecular weight excluding hydrogens is 235 g/mol. The van der Waals surface area contributed by atoms with Crippen molar-refractivity contribution >= 4 is 17.4 Å². The average molecular weight is 240 g/mol. The molecule has 1 heterocycles. The summed E-state index contributed by atoms with van der Waals surface area (Å²) in [5.41, 5.74) is -0.859. The lowest BCUT2D eigenvalue weighted by atomic mass is 10.1. The van der Waals surface area contributed by atoms with Crippen molar-refractivity contribution in [1.82, 2.24) is 4.98 Å². The van der Waals surface area contributed by atoms with Crippen LogP contribution in [0, 0.1) is 5.82 Å². The standard InChI is InChI=1S/C8H5ClF3NO2/c1-15-7-5(10)4(2-3-13-7)6(14)8(9,11)12/h2-3H,1H3. The summed E-state index contributed by atoms with van der Waals surface area (Å²) in [6.07, 6.45) is 0.970. The van der Waals surface area contributed by atoms with Gasteiger partial charge < -0.3 is 4.74 Å². The molecule has 0 fully saturated rings. The molecule has 7 heteroatoms. The Hall–Kier alpha value is -1.30. The van der Waals surface area contributed by atoms with Gasteiger partial charge in [0.2, 0.25) is 0 Å². The van der Waals surface area contributed by atoms with Crippen molar-refractivity contribution in [2.24, 2.45) is 0 Å². The summed E-state index contributed by atoms with van der Waals surface area (Å²) in [5, 5.41) is -4.15. The summed E-state index contributed by atoms with van der Waals surface area (Å²) in [7, 11) is 1.10. The summed E-state index contributed by atoms with van der Waals surface area (Å²) in [4.78, 5) is 14.3. The number of hydrogen-bond acceptors (Lipinski definition) is 3. The Bertz CT molecular complexity index is 392. The van der Waals surface area contributed by atoms with Crippen molar-refractivity contribution in [3.63, 3.8) is 0 Å². The number of alkyl halides is 3. The predicted molar refractivity (Wildman–Crippen MR) is 45.9 cm³/mol. The van der Waals surface area contributed by atoms with Crippen LogP contribution >= 0.6 is 11.6 Å². The zero-order valence-corrected chi connectivity index (χ0v) is 8.19. The Labute approximate surface area is 87.8 Å². The van der Waals surface area contributed by atoms with Gasteiger partial charge >= 0.3 is 5.38 Å². The van der Waals surface area contributed by atoms with E-state index in [4.69, 9.17) is 0 Å². The Balaban J connectivity index is 3.22. The molecule has 1 rings (SSSR count). The van der Waals surface area contributed by atoms with Gasteiger partial charge in [0, 0.05) is 6.20 Å². The zero-order chi connectivity index (χ0) is 11.6. The number of rotatable bonds is 3. The van der Waals surface area contributed by atoms with Gasteiger partial charge in [-0.15, -0.1) is 0 Å². The molecule has 15 heavy (non-hydrogen) atoms. The summed E-state index contributed by atoms with van der Waals surface area (Å²) in [5.74, 6) is -3.63. The normalized spacial score (nSPS) is 11.3. The first-order valence-corrected chi connectivity index (χ1v) is 4.05. The van der Waals surface area contributed by atoms with Crippen LogP contribution in [0.15, 0.2) is 12.3 Å². The van der Waals surface area contributed by atoms with Crippen molar-refractivity contribution in [3.8, 4) is 5.88 Å². The van der Waals surface area contributed by atoms with Gasteiger partial charge in [-0.05, 0) is 17.7 Å². The minimum absolute atomic E-state index is 0.540. The van der Waals surface area contributed by atoms with E-state index in [0.717, 1.165) is 19.4 Å². The van der Waals surface area contributed by atoms with E-state index in [-0.39, 0.29) is 0 Å². The molecule has 0 N–H and O–H groups in total. The summed E-state index contributed by atoms with van der Waals surface area (Å²) in [6.45, 7) is 0. The molecule has 0 aromatic carbocycles. The highest BCUT2D eigenvalue weighted by Crippen LogP contribution is 2.27. The number of carbonyl (C=O) groups is 1. The molecule has 1 aromatic heterocycles. The largest absolute Gasteiger partial charge is 0.479 e. The van der Waals surface area contributed by atoms with E-state index >= 15 is 0 Å². The monoisotopic (exact) mass is 239 g/mol. The smallest absolute Gasteiger partial charge is 0.385 e. The summed E-state index contributed by atoms with van der Waals surface area (Å²) < 4.78 is 42.5. The molecule has 0 saturated carbocycles. The van der Waals surface area contributed by atoms with Crippen LogP contribution in [-0.2, 0) is 0 Å². The van der Waals surface area contributed by atoms with Gasteiger partial charge in [-0.2, -0.15) is 8.78 Å². The van der Waals surface area contributed by atoms with Crippen LogP contribution in [0.5, 0.6) is 5.88 Å². The maximum atomic E-state index is 13.3. The number of pyridine rings is 1. The lowest BCUT2D eigenvalue weighted by molar-refractivity contribution is 0.0530. The van der Waals surface area contributed by atoms with Crippen LogP contribution in [0.1, 0.15) is 10.4 Å². The van der Waals surface area contributed by atoms with E-state index in [2.05, 4.69) is 21.3 Å². The fourth-order valence-electron chi connectivity index (χ4n) is 0.895. The van der Waals surface area contributed by atoms with E-state index in [1.165, 1.54) is 0 Å². The van der Waals surface area contributed by atoms with Crippen LogP contribution in [0.4, 0.5) is 13.2 Å². The first-order chi connectivity index (χ1) is 6.88. The molecule has 0 spiro atoms. The molecule has 0 aliphatic carbocycles. The van der Waals surface area contributed by atoms with Gasteiger partial charge in [0.1, 0.15) is 0 Å². The van der Waals surface area contributed by atoms with Gasteiger partial charge in [0.05, 0.1) is 12.7 Å². The molecule has 82 valence electrons. The molecule has 0 aliphatic rings. The van der Waals surface area contributed by atoms with Crippen molar-refractivity contribution < 1.29 is 22.7 Å². The number of hydrogen-bond donors (Lipinski definition) is 0. The number of carbonyl (C=O) groups excluding carboxylic acids is 1. The Morgan fingerprint density at radius 1 is 1.60 bits per heavy atom. The van der Waals surface area contributed by atoms with E-state index < -0.39 is 28.4 Å². The number of ether oxygens (including phenoxy) is 1. The zero-order valence-electron chi connectivity index (χ0n) is 7.43. The molecule has 0 aliphatic heterocycles. The van der Waals surface area contributed by atoms with Crippen molar-refractivity contribution in [2.45, 2.75) is 5.38 Å². The van der Waals surface area contributed by atoms with Gasteiger partial charge in [0.25, 0.3) is 11.7 Å². The maximum absolute atomic E-state index is 13.3. The highest BCUT2D eigenvalue weighted by molar-refractivity contribution is 6.35. The third kappa shape index (κ3) is 2.38. The first-order valence-electron chi connectivity index (χ1n) is 3.68. The number of Topliss-reactive ketones (excluding diaryl/α,β-unsaturated/α-hetero) is 1. The molecule has 1 aromatic rings. The Morgan fingerprint density at radius 3 is 2.67 bits per heavy atom. The minimum Gasteiger partial charge on any atom is -0.479 e. The third-order valence-corrected chi connectivity index (χ3v) is 1.72. The predicted octanol–water partition coefficient (Wildman–Crippen LogP) is 2.24. The van der Waals surface area contributed by atoms with Crippen LogP contribution in [0.3, 0.4) is 0 Å². The Morgan fingerprint density at radius 2 is 2.20 bits per heavy atom. The Kier molecular flexibility index (Phi) is 3.18. The molecule has 0 amide bonds. The number of ketones is 1. The molecule has 0 atom stereocenters. The lowest BCUT2D eigenvalue weighted by Crippen LogP contribution is -2.23. The molecular formula is C8H5ClF3NO2. The van der Waals surface area contributed by atoms with E-state index in [1.54, 1.807) is 0 Å². The van der Waals surface area contributed by atoms with Crippen molar-refractivity contribution in [1.29, 1.82) is 0 Å². The maximum Gasteiger partial charge on any atom is 0.385 e. The van der Waals surface area contributed by atoms with E-state index in [0.29, 0.717) is 0 Å². The fourth-order valence-corrected chi connectivity index (χ4v) is 0.997. The van der Waals surface area contributed by atoms with E-state index in [1.807, 2.05) is 0 Å². The highest BCUT2D eigenvalue weighted by Gasteiger charge is 2.38. The molecule has 3 nitrogen and oxygen atoms in total. The quantitative estimate of drug-likeness (QED) is 0.600. The fraction of sp³-hybridized carbons (Fsp3) is 0.250. The SMILES string of the molecule is COc1nccc(C(=O)C(F)(F)Cl)c1F. The second kappa shape index (κ2) is 4.06. The third-order valence-electron chi connectivity index (χ3n) is 1.55. The number of methoxy groups -OCH3 is 1. The van der Waals surface area contributed by atoms with E-state index in [9.17, 15) is 18.0 Å². The summed E-state index contributed by atoms with van der Waals surface area (Å²) >= 11 is 4.47. The van der Waals surface area contributed by atoms with Gasteiger partial charge in [-0.25, -0.2) is 9.37 Å². The van der Waals surface area contributed by atoms with Crippen LogP contribution < -0.4 is 4.74 Å². The topological polar surface area (TPSA) is 39.2 Å². The van der Waals surface area contributed by atoms with Gasteiger partial charge in [-0.1, -0.05) is 0 Å². The molecule has 0 radical (unpaired) electrons. The lowest BCUT2D eigenvalue weighted by Gasteiger charge is -2.08. The minimum atomic E-state index is -4.15. The van der Waals surface area contributed by atoms with Crippen molar-refractivity contribution in [3.05, 3.63) is 23.6 Å². The summed E-state index contributed by atoms with van der Waals surface area (Å²) in [6, 6.07) is 0.802. The van der Waals surface area contributed by atoms with Gasteiger partial charge in [0.15, 0.2) is 5.82 Å². The van der Waals surface area contributed by atoms with Crippen LogP contribution in [-0.4, -0.2) is 23.3 Å². The van der Waals surface area contributed by atoms with Crippen LogP contribution in [0.2, 0.25) is 0 Å². The number of nitrogens with zero attached hydrogens (tertiary/aromatic N) is 1. The number of halogens is 4. The van der Waals surface area contributed by atoms with Crippen LogP contribution in [0.25, 0.3) is 0 Å².